The van der Waals surface area contributed by atoms with Gasteiger partial charge >= 0.3 is 0 Å². The standard InChI is InChI=1S/C23H22ClN5O3/c1-23(2)19-9-15(24)3-4-18(19)21(30)29(23)17-10-16(11-25-12-17)27-5-7-28(8-6-27)22(31)20-13-32-14-26-20/h3-4,9-14H,5-8H2,1-2H3. The minimum Gasteiger partial charge on any atom is -0.451 e. The molecule has 0 spiro atoms. The monoisotopic (exact) mass is 451 g/mol. The average molecular weight is 452 g/mol. The maximum absolute atomic E-state index is 13.2. The lowest BCUT2D eigenvalue weighted by Gasteiger charge is -2.37. The van der Waals surface area contributed by atoms with E-state index in [-0.39, 0.29) is 11.8 Å². The molecule has 1 aromatic carbocycles. The van der Waals surface area contributed by atoms with Gasteiger partial charge in [0.25, 0.3) is 11.8 Å². The third-order valence-corrected chi connectivity index (χ3v) is 6.42. The number of carbonyl (C=O) groups excluding carboxylic acids is 2. The van der Waals surface area contributed by atoms with Crippen LogP contribution in [0.5, 0.6) is 0 Å². The van der Waals surface area contributed by atoms with E-state index in [4.69, 9.17) is 16.0 Å². The SMILES string of the molecule is CC1(C)c2cc(Cl)ccc2C(=O)N1c1cncc(N2CCN(C(=O)c3cocn3)CC2)c1. The number of piperazine rings is 1. The topological polar surface area (TPSA) is 82.8 Å². The van der Waals surface area contributed by atoms with Crippen LogP contribution in [0.15, 0.2) is 53.7 Å². The molecule has 8 nitrogen and oxygen atoms in total. The molecule has 164 valence electrons. The fourth-order valence-electron chi connectivity index (χ4n) is 4.50. The summed E-state index contributed by atoms with van der Waals surface area (Å²) in [4.78, 5) is 39.8. The molecule has 9 heteroatoms. The smallest absolute Gasteiger partial charge is 0.275 e. The van der Waals surface area contributed by atoms with Crippen molar-refractivity contribution in [3.8, 4) is 0 Å². The van der Waals surface area contributed by atoms with Crippen LogP contribution in [0.1, 0.15) is 40.3 Å². The average Bonchev–Trinajstić information content (AvgIpc) is 3.39. The lowest BCUT2D eigenvalue weighted by molar-refractivity contribution is 0.0740. The fourth-order valence-corrected chi connectivity index (χ4v) is 4.68. The molecule has 4 heterocycles. The van der Waals surface area contributed by atoms with Crippen LogP contribution in [-0.2, 0) is 5.54 Å². The predicted molar refractivity (Wildman–Crippen MR) is 120 cm³/mol. The summed E-state index contributed by atoms with van der Waals surface area (Å²) in [5, 5.41) is 0.608. The summed E-state index contributed by atoms with van der Waals surface area (Å²) in [6, 6.07) is 7.36. The van der Waals surface area contributed by atoms with E-state index in [1.165, 1.54) is 12.7 Å². The lowest BCUT2D eigenvalue weighted by atomic mass is 9.93. The summed E-state index contributed by atoms with van der Waals surface area (Å²) in [5.41, 5.74) is 2.96. The van der Waals surface area contributed by atoms with E-state index in [1.54, 1.807) is 34.3 Å². The number of aromatic nitrogens is 2. The second kappa shape index (κ2) is 7.63. The van der Waals surface area contributed by atoms with Crippen LogP contribution in [-0.4, -0.2) is 52.9 Å². The second-order valence-electron chi connectivity index (χ2n) is 8.44. The third kappa shape index (κ3) is 3.31. The molecule has 0 bridgehead atoms. The Labute approximate surface area is 190 Å². The number of fused-ring (bicyclic) bond motifs is 1. The fraction of sp³-hybridized carbons (Fsp3) is 0.304. The van der Waals surface area contributed by atoms with E-state index in [9.17, 15) is 9.59 Å². The van der Waals surface area contributed by atoms with Crippen LogP contribution in [0.3, 0.4) is 0 Å². The van der Waals surface area contributed by atoms with Crippen molar-refractivity contribution in [2.24, 2.45) is 0 Å². The molecule has 0 aliphatic carbocycles. The first kappa shape index (κ1) is 20.5. The number of hydrogen-bond donors (Lipinski definition) is 0. The maximum atomic E-state index is 13.2. The Morgan fingerprint density at radius 3 is 2.56 bits per heavy atom. The summed E-state index contributed by atoms with van der Waals surface area (Å²) in [7, 11) is 0. The van der Waals surface area contributed by atoms with Gasteiger partial charge in [0.15, 0.2) is 12.1 Å². The molecule has 1 saturated heterocycles. The quantitative estimate of drug-likeness (QED) is 0.605. The zero-order valence-electron chi connectivity index (χ0n) is 17.8. The molecule has 2 amide bonds. The number of carbonyl (C=O) groups is 2. The number of nitrogens with zero attached hydrogens (tertiary/aromatic N) is 5. The van der Waals surface area contributed by atoms with Gasteiger partial charge < -0.3 is 14.2 Å². The van der Waals surface area contributed by atoms with Gasteiger partial charge in [0.2, 0.25) is 0 Å². The minimum absolute atomic E-state index is 0.0661. The summed E-state index contributed by atoms with van der Waals surface area (Å²) in [6.45, 7) is 6.45. The molecule has 0 saturated carbocycles. The Morgan fingerprint density at radius 2 is 1.84 bits per heavy atom. The molecule has 2 aliphatic rings. The summed E-state index contributed by atoms with van der Waals surface area (Å²) >= 11 is 6.20. The van der Waals surface area contributed by atoms with Crippen LogP contribution in [0.25, 0.3) is 0 Å². The Bertz CT molecular complexity index is 1190. The Morgan fingerprint density at radius 1 is 1.09 bits per heavy atom. The zero-order valence-corrected chi connectivity index (χ0v) is 18.5. The van der Waals surface area contributed by atoms with E-state index in [0.29, 0.717) is 42.5 Å². The van der Waals surface area contributed by atoms with Crippen molar-refractivity contribution in [1.29, 1.82) is 0 Å². The molecular weight excluding hydrogens is 430 g/mol. The van der Waals surface area contributed by atoms with E-state index >= 15 is 0 Å². The van der Waals surface area contributed by atoms with Gasteiger partial charge in [-0.15, -0.1) is 0 Å². The molecule has 0 radical (unpaired) electrons. The van der Waals surface area contributed by atoms with Gasteiger partial charge in [-0.1, -0.05) is 11.6 Å². The van der Waals surface area contributed by atoms with Crippen molar-refractivity contribution in [2.75, 3.05) is 36.0 Å². The largest absolute Gasteiger partial charge is 0.451 e. The van der Waals surface area contributed by atoms with Gasteiger partial charge in [-0.3, -0.25) is 19.5 Å². The number of benzene rings is 1. The summed E-state index contributed by atoms with van der Waals surface area (Å²) in [5.74, 6) is -0.199. The summed E-state index contributed by atoms with van der Waals surface area (Å²) in [6.07, 6.45) is 6.12. The highest BCUT2D eigenvalue weighted by Crippen LogP contribution is 2.43. The first-order valence-corrected chi connectivity index (χ1v) is 10.8. The third-order valence-electron chi connectivity index (χ3n) is 6.18. The van der Waals surface area contributed by atoms with Gasteiger partial charge in [-0.05, 0) is 43.7 Å². The maximum Gasteiger partial charge on any atom is 0.275 e. The van der Waals surface area contributed by atoms with Crippen LogP contribution >= 0.6 is 11.6 Å². The molecule has 32 heavy (non-hydrogen) atoms. The Hall–Kier alpha value is -3.39. The lowest BCUT2D eigenvalue weighted by Crippen LogP contribution is -2.49. The van der Waals surface area contributed by atoms with Crippen molar-refractivity contribution in [1.82, 2.24) is 14.9 Å². The van der Waals surface area contributed by atoms with Gasteiger partial charge in [-0.25, -0.2) is 4.98 Å². The van der Waals surface area contributed by atoms with Gasteiger partial charge in [0.1, 0.15) is 6.26 Å². The first-order valence-electron chi connectivity index (χ1n) is 10.4. The Kier molecular flexibility index (Phi) is 4.89. The first-order chi connectivity index (χ1) is 15.4. The highest BCUT2D eigenvalue weighted by Gasteiger charge is 2.44. The molecule has 0 N–H and O–H groups in total. The van der Waals surface area contributed by atoms with E-state index in [2.05, 4.69) is 14.9 Å². The number of halogens is 1. The number of pyridine rings is 1. The van der Waals surface area contributed by atoms with Crippen LogP contribution in [0.2, 0.25) is 5.02 Å². The predicted octanol–water partition coefficient (Wildman–Crippen LogP) is 3.58. The summed E-state index contributed by atoms with van der Waals surface area (Å²) < 4.78 is 4.92. The molecule has 2 aliphatic heterocycles. The zero-order chi connectivity index (χ0) is 22.5. The molecule has 3 aromatic rings. The minimum atomic E-state index is -0.555. The highest BCUT2D eigenvalue weighted by atomic mass is 35.5. The number of oxazole rings is 1. The number of hydrogen-bond acceptors (Lipinski definition) is 6. The number of anilines is 2. The van der Waals surface area contributed by atoms with Crippen LogP contribution < -0.4 is 9.80 Å². The van der Waals surface area contributed by atoms with Crippen LogP contribution in [0.4, 0.5) is 11.4 Å². The van der Waals surface area contributed by atoms with Crippen molar-refractivity contribution >= 4 is 34.8 Å². The highest BCUT2D eigenvalue weighted by molar-refractivity contribution is 6.31. The van der Waals surface area contributed by atoms with E-state index in [0.717, 1.165) is 16.9 Å². The van der Waals surface area contributed by atoms with Crippen molar-refractivity contribution in [3.05, 3.63) is 71.2 Å². The molecular formula is C23H22ClN5O3. The van der Waals surface area contributed by atoms with Crippen molar-refractivity contribution in [3.63, 3.8) is 0 Å². The molecule has 0 atom stereocenters. The van der Waals surface area contributed by atoms with Crippen molar-refractivity contribution in [2.45, 2.75) is 19.4 Å². The van der Waals surface area contributed by atoms with Crippen molar-refractivity contribution < 1.29 is 14.0 Å². The molecule has 2 aromatic heterocycles. The van der Waals surface area contributed by atoms with Gasteiger partial charge in [0.05, 0.1) is 29.3 Å². The van der Waals surface area contributed by atoms with Gasteiger partial charge in [-0.2, -0.15) is 0 Å². The second-order valence-corrected chi connectivity index (χ2v) is 8.88. The normalized spacial score (nSPS) is 17.6. The number of rotatable bonds is 3. The van der Waals surface area contributed by atoms with E-state index < -0.39 is 5.54 Å². The van der Waals surface area contributed by atoms with Gasteiger partial charge in [0, 0.05) is 36.8 Å². The Balaban J connectivity index is 1.36. The number of amides is 2. The molecule has 5 rings (SSSR count). The van der Waals surface area contributed by atoms with E-state index in [1.807, 2.05) is 26.0 Å². The molecule has 0 unspecified atom stereocenters. The van der Waals surface area contributed by atoms with Crippen LogP contribution in [0, 0.1) is 0 Å². The molecule has 1 fully saturated rings.